The first kappa shape index (κ1) is 52.1. The summed E-state index contributed by atoms with van der Waals surface area (Å²) in [7, 11) is 0. The minimum Gasteiger partial charge on any atom is -0.356 e. The van der Waals surface area contributed by atoms with Crippen LogP contribution in [0.5, 0.6) is 0 Å². The van der Waals surface area contributed by atoms with Crippen LogP contribution in [0.2, 0.25) is 0 Å². The largest absolute Gasteiger partial charge is 0.356 e. The molecule has 6 heteroatoms. The summed E-state index contributed by atoms with van der Waals surface area (Å²) in [5, 5.41) is 14.3. The molecule has 13 aromatic rings. The van der Waals surface area contributed by atoms with Crippen molar-refractivity contribution >= 4 is 79.6 Å². The lowest BCUT2D eigenvalue weighted by Gasteiger charge is -2.26. The molecule has 0 aliphatic heterocycles. The van der Waals surface area contributed by atoms with Gasteiger partial charge in [-0.3, -0.25) is 0 Å². The van der Waals surface area contributed by atoms with E-state index < -0.39 is 0 Å². The molecule has 0 heterocycles. The van der Waals surface area contributed by atoms with Gasteiger partial charge in [-0.2, -0.15) is 0 Å². The Morgan fingerprint density at radius 3 is 0.429 bits per heavy atom. The van der Waals surface area contributed by atoms with Gasteiger partial charge in [0.1, 0.15) is 0 Å². The van der Waals surface area contributed by atoms with E-state index in [0.29, 0.717) is 0 Å². The highest BCUT2D eigenvalue weighted by atomic mass is 15.1. The molecule has 0 aliphatic carbocycles. The highest BCUT2D eigenvalue weighted by molar-refractivity contribution is 5.83. The maximum Gasteiger partial charge on any atom is 0.0463 e. The smallest absolute Gasteiger partial charge is 0.0463 e. The van der Waals surface area contributed by atoms with E-state index in [9.17, 15) is 0 Å². The van der Waals surface area contributed by atoms with E-state index in [1.165, 1.54) is 44.5 Å². The Labute approximate surface area is 492 Å². The Bertz CT molecular complexity index is 3740. The number of nitrogens with one attached hydrogen (secondary N) is 4. The molecule has 6 nitrogen and oxygen atoms in total. The lowest BCUT2D eigenvalue weighted by atomic mass is 10.0. The molecule has 4 N–H and O–H groups in total. The number of anilines is 14. The Hall–Kier alpha value is -11.3. The SMILES string of the molecule is c1ccc(-c2ccc(N(c3ccc(Nc4ccc(Nc5ccc(Nc6ccc(Nc7ccc(N(c8ccc(-c9ccccc9)cc8)c8ccc(-c9ccccc9)cc8)cc7)cc6)cc5)cc4)cc3)c3ccc(-c4ccccc4)cc3)cc2)cc1. The minimum atomic E-state index is 1.00. The van der Waals surface area contributed by atoms with E-state index >= 15 is 0 Å². The first-order valence-electron chi connectivity index (χ1n) is 28.4. The lowest BCUT2D eigenvalue weighted by Crippen LogP contribution is -2.10. The zero-order valence-corrected chi connectivity index (χ0v) is 46.2. The van der Waals surface area contributed by atoms with Gasteiger partial charge in [0.05, 0.1) is 0 Å². The average molecular weight is 1080 g/mol. The summed E-state index contributed by atoms with van der Waals surface area (Å²) in [6, 6.07) is 120. The second-order valence-corrected chi connectivity index (χ2v) is 20.6. The van der Waals surface area contributed by atoms with Crippen LogP contribution < -0.4 is 31.1 Å². The van der Waals surface area contributed by atoms with Gasteiger partial charge in [0.15, 0.2) is 0 Å². The first-order valence-corrected chi connectivity index (χ1v) is 28.4. The molecule has 13 rings (SSSR count). The van der Waals surface area contributed by atoms with E-state index in [0.717, 1.165) is 79.6 Å². The molecule has 13 aromatic carbocycles. The van der Waals surface area contributed by atoms with Crippen LogP contribution in [0.25, 0.3) is 44.5 Å². The zero-order chi connectivity index (χ0) is 56.3. The molecule has 0 spiro atoms. The molecule has 0 aliphatic rings. The summed E-state index contributed by atoms with van der Waals surface area (Å²) in [4.78, 5) is 4.61. The lowest BCUT2D eigenvalue weighted by molar-refractivity contribution is 1.28. The molecule has 402 valence electrons. The second-order valence-electron chi connectivity index (χ2n) is 20.6. The Morgan fingerprint density at radius 2 is 0.262 bits per heavy atom. The van der Waals surface area contributed by atoms with E-state index in [1.807, 2.05) is 0 Å². The molecular weight excluding hydrogens is 1020 g/mol. The fourth-order valence-electron chi connectivity index (χ4n) is 10.6. The highest BCUT2D eigenvalue weighted by Gasteiger charge is 2.16. The van der Waals surface area contributed by atoms with Crippen LogP contribution in [-0.2, 0) is 0 Å². The maximum atomic E-state index is 3.60. The molecular formula is C78H60N6. The molecule has 84 heavy (non-hydrogen) atoms. The average Bonchev–Trinajstić information content (AvgIpc) is 3.76. The van der Waals surface area contributed by atoms with Crippen LogP contribution in [0.15, 0.2) is 340 Å². The molecule has 0 unspecified atom stereocenters. The fourth-order valence-corrected chi connectivity index (χ4v) is 10.6. The van der Waals surface area contributed by atoms with E-state index in [2.05, 4.69) is 371 Å². The second kappa shape index (κ2) is 24.6. The quantitative estimate of drug-likeness (QED) is 0.0687. The van der Waals surface area contributed by atoms with Crippen molar-refractivity contribution < 1.29 is 0 Å². The summed E-state index contributed by atoms with van der Waals surface area (Å²) in [6.45, 7) is 0. The number of hydrogen-bond donors (Lipinski definition) is 4. The fraction of sp³-hybridized carbons (Fsp3) is 0. The molecule has 0 radical (unpaired) electrons. The summed E-state index contributed by atoms with van der Waals surface area (Å²) in [5.74, 6) is 0. The van der Waals surface area contributed by atoms with Crippen LogP contribution in [0.3, 0.4) is 0 Å². The van der Waals surface area contributed by atoms with Gasteiger partial charge >= 0.3 is 0 Å². The van der Waals surface area contributed by atoms with Gasteiger partial charge in [0.2, 0.25) is 0 Å². The third-order valence-corrected chi connectivity index (χ3v) is 15.0. The van der Waals surface area contributed by atoms with Gasteiger partial charge in [-0.1, -0.05) is 170 Å². The molecule has 0 aromatic heterocycles. The monoisotopic (exact) mass is 1080 g/mol. The van der Waals surface area contributed by atoms with Crippen LogP contribution in [0.1, 0.15) is 0 Å². The molecule has 0 bridgehead atoms. The van der Waals surface area contributed by atoms with Gasteiger partial charge in [0, 0.05) is 79.6 Å². The predicted octanol–water partition coefficient (Wildman–Crippen LogP) is 22.3. The van der Waals surface area contributed by atoms with Gasteiger partial charge in [-0.25, -0.2) is 0 Å². The minimum absolute atomic E-state index is 1.00. The van der Waals surface area contributed by atoms with Crippen molar-refractivity contribution in [2.75, 3.05) is 31.1 Å². The summed E-state index contributed by atoms with van der Waals surface area (Å²) >= 11 is 0. The summed E-state index contributed by atoms with van der Waals surface area (Å²) < 4.78 is 0. The molecule has 0 saturated heterocycles. The normalized spacial score (nSPS) is 10.9. The number of benzene rings is 13. The third-order valence-electron chi connectivity index (χ3n) is 15.0. The van der Waals surface area contributed by atoms with Crippen molar-refractivity contribution in [3.8, 4) is 44.5 Å². The maximum absolute atomic E-state index is 3.60. The Balaban J connectivity index is 0.625. The zero-order valence-electron chi connectivity index (χ0n) is 46.2. The van der Waals surface area contributed by atoms with Crippen molar-refractivity contribution in [2.24, 2.45) is 0 Å². The van der Waals surface area contributed by atoms with Gasteiger partial charge < -0.3 is 31.1 Å². The Morgan fingerprint density at radius 1 is 0.131 bits per heavy atom. The van der Waals surface area contributed by atoms with Gasteiger partial charge in [-0.15, -0.1) is 0 Å². The van der Waals surface area contributed by atoms with Crippen LogP contribution >= 0.6 is 0 Å². The van der Waals surface area contributed by atoms with E-state index in [-0.39, 0.29) is 0 Å². The van der Waals surface area contributed by atoms with Crippen molar-refractivity contribution in [1.29, 1.82) is 0 Å². The highest BCUT2D eigenvalue weighted by Crippen LogP contribution is 2.40. The van der Waals surface area contributed by atoms with Crippen LogP contribution in [0.4, 0.5) is 79.6 Å². The topological polar surface area (TPSA) is 54.6 Å². The number of hydrogen-bond acceptors (Lipinski definition) is 6. The van der Waals surface area contributed by atoms with Crippen LogP contribution in [-0.4, -0.2) is 0 Å². The summed E-state index contributed by atoms with van der Waals surface area (Å²) in [6.07, 6.45) is 0. The number of rotatable bonds is 18. The van der Waals surface area contributed by atoms with E-state index in [4.69, 9.17) is 0 Å². The van der Waals surface area contributed by atoms with Crippen LogP contribution in [0, 0.1) is 0 Å². The third kappa shape index (κ3) is 12.3. The standard InChI is InChI=1S/C78H60N6/c1-5-13-57(14-6-1)61-21-45-73(46-22-61)83(74-47-23-62(24-48-74)58-15-7-2-8-16-58)77-53-41-71(42-54-77)81-69-37-33-67(34-38-69)79-65-29-31-66(32-30-65)80-68-35-39-70(40-36-68)82-72-43-55-78(56-44-72)84(75-49-25-63(26-50-75)59-17-9-3-10-18-59)76-51-27-64(28-52-76)60-19-11-4-12-20-60/h1-56,79-82H. The van der Waals surface area contributed by atoms with Crippen molar-refractivity contribution in [3.63, 3.8) is 0 Å². The molecule has 0 atom stereocenters. The Kier molecular flexibility index (Phi) is 15.2. The van der Waals surface area contributed by atoms with Crippen molar-refractivity contribution in [2.45, 2.75) is 0 Å². The van der Waals surface area contributed by atoms with Crippen molar-refractivity contribution in [1.82, 2.24) is 0 Å². The molecule has 0 fully saturated rings. The predicted molar refractivity (Wildman–Crippen MR) is 356 cm³/mol. The van der Waals surface area contributed by atoms with Gasteiger partial charge in [-0.05, 0) is 214 Å². The van der Waals surface area contributed by atoms with E-state index in [1.54, 1.807) is 0 Å². The van der Waals surface area contributed by atoms with Crippen molar-refractivity contribution in [3.05, 3.63) is 340 Å². The summed E-state index contributed by atoms with van der Waals surface area (Å²) in [5.41, 5.74) is 24.0. The molecule has 0 amide bonds. The molecule has 0 saturated carbocycles. The first-order chi connectivity index (χ1) is 41.6. The van der Waals surface area contributed by atoms with Gasteiger partial charge in [0.25, 0.3) is 0 Å². The number of nitrogens with zero attached hydrogens (tertiary/aromatic N) is 2.